The Morgan fingerprint density at radius 1 is 1.50 bits per heavy atom. The van der Waals surface area contributed by atoms with E-state index in [1.807, 2.05) is 12.3 Å². The lowest BCUT2D eigenvalue weighted by molar-refractivity contribution is 0.0762. The number of aryl methyl sites for hydroxylation is 2. The van der Waals surface area contributed by atoms with E-state index in [-0.39, 0.29) is 5.91 Å². The van der Waals surface area contributed by atoms with Crippen molar-refractivity contribution in [3.63, 3.8) is 0 Å². The van der Waals surface area contributed by atoms with Crippen LogP contribution in [0.5, 0.6) is 0 Å². The summed E-state index contributed by atoms with van der Waals surface area (Å²) >= 11 is 1.39. The second kappa shape index (κ2) is 6.13. The molecule has 1 N–H and O–H groups in total. The molecule has 0 atom stereocenters. The number of aromatic nitrogens is 4. The minimum Gasteiger partial charge on any atom is -0.383 e. The molecule has 22 heavy (non-hydrogen) atoms. The summed E-state index contributed by atoms with van der Waals surface area (Å²) in [5.41, 5.74) is 0.913. The Morgan fingerprint density at radius 3 is 2.73 bits per heavy atom. The lowest BCUT2D eigenvalue weighted by atomic mass is 10.1. The van der Waals surface area contributed by atoms with Gasteiger partial charge in [0.1, 0.15) is 16.3 Å². The number of thiazole rings is 1. The highest BCUT2D eigenvalue weighted by Crippen LogP contribution is 2.24. The Morgan fingerprint density at radius 2 is 2.18 bits per heavy atom. The average Bonchev–Trinajstić information content (AvgIpc) is 3.04. The number of nitrogens with zero attached hydrogens (tertiary/aromatic N) is 5. The van der Waals surface area contributed by atoms with E-state index >= 15 is 0 Å². The molecular weight excluding hydrogens is 302 g/mol. The van der Waals surface area contributed by atoms with Crippen molar-refractivity contribution in [2.75, 3.05) is 7.05 Å². The summed E-state index contributed by atoms with van der Waals surface area (Å²) < 4.78 is 1.59. The second-order valence-corrected chi connectivity index (χ2v) is 6.56. The smallest absolute Gasteiger partial charge is 0.274 e. The Kier molecular flexibility index (Phi) is 4.62. The minimum absolute atomic E-state index is 0.137. The van der Waals surface area contributed by atoms with Crippen LogP contribution in [0.15, 0.2) is 5.38 Å². The molecule has 0 saturated heterocycles. The summed E-state index contributed by atoms with van der Waals surface area (Å²) in [4.78, 5) is 18.5. The molecule has 2 rings (SSSR count). The number of aliphatic hydroxyl groups is 1. The summed E-state index contributed by atoms with van der Waals surface area (Å²) in [6.45, 7) is 8.05. The van der Waals surface area contributed by atoms with Crippen LogP contribution in [0.25, 0.3) is 0 Å². The molecule has 0 spiro atoms. The molecule has 7 nitrogen and oxygen atoms in total. The third kappa shape index (κ3) is 3.33. The maximum absolute atomic E-state index is 12.6. The molecule has 0 fully saturated rings. The van der Waals surface area contributed by atoms with E-state index in [0.29, 0.717) is 29.5 Å². The third-order valence-corrected chi connectivity index (χ3v) is 4.43. The van der Waals surface area contributed by atoms with Crippen molar-refractivity contribution in [2.24, 2.45) is 0 Å². The fraction of sp³-hybridized carbons (Fsp3) is 0.571. The van der Waals surface area contributed by atoms with Gasteiger partial charge in [-0.25, -0.2) is 9.67 Å². The van der Waals surface area contributed by atoms with Gasteiger partial charge in [0.15, 0.2) is 0 Å². The molecular formula is C14H21N5O2S. The fourth-order valence-corrected chi connectivity index (χ4v) is 2.88. The van der Waals surface area contributed by atoms with E-state index in [4.69, 9.17) is 0 Å². The number of hydrogen-bond donors (Lipinski definition) is 1. The van der Waals surface area contributed by atoms with Crippen molar-refractivity contribution < 1.29 is 9.90 Å². The zero-order chi connectivity index (χ0) is 16.5. The normalized spacial score (nSPS) is 11.7. The molecule has 1 amide bonds. The summed E-state index contributed by atoms with van der Waals surface area (Å²) in [6, 6.07) is 0. The Hall–Kier alpha value is -1.80. The lowest BCUT2D eigenvalue weighted by Gasteiger charge is -2.17. The van der Waals surface area contributed by atoms with Crippen molar-refractivity contribution in [3.8, 4) is 0 Å². The van der Waals surface area contributed by atoms with E-state index in [2.05, 4.69) is 15.3 Å². The van der Waals surface area contributed by atoms with Gasteiger partial charge in [-0.15, -0.1) is 16.4 Å². The number of rotatable bonds is 5. The first-order chi connectivity index (χ1) is 10.2. The zero-order valence-electron chi connectivity index (χ0n) is 13.5. The number of hydrogen-bond acceptors (Lipinski definition) is 6. The number of carbonyl (C=O) groups excluding carboxylic acids is 1. The molecule has 120 valence electrons. The van der Waals surface area contributed by atoms with Gasteiger partial charge in [0.25, 0.3) is 5.91 Å². The van der Waals surface area contributed by atoms with E-state index < -0.39 is 5.60 Å². The Balaban J connectivity index is 2.15. The lowest BCUT2D eigenvalue weighted by Crippen LogP contribution is -2.29. The van der Waals surface area contributed by atoms with Gasteiger partial charge < -0.3 is 10.0 Å². The minimum atomic E-state index is -0.965. The van der Waals surface area contributed by atoms with Gasteiger partial charge in [0, 0.05) is 19.0 Å². The highest BCUT2D eigenvalue weighted by molar-refractivity contribution is 7.09. The molecule has 0 radical (unpaired) electrons. The molecule has 0 aromatic carbocycles. The first kappa shape index (κ1) is 16.6. The Bertz CT molecular complexity index is 671. The van der Waals surface area contributed by atoms with Crippen LogP contribution in [0.3, 0.4) is 0 Å². The highest BCUT2D eigenvalue weighted by Gasteiger charge is 2.23. The van der Waals surface area contributed by atoms with Crippen LogP contribution in [0, 0.1) is 6.92 Å². The molecule has 0 aliphatic rings. The predicted molar refractivity (Wildman–Crippen MR) is 83.6 cm³/mol. The first-order valence-electron chi connectivity index (χ1n) is 7.06. The topological polar surface area (TPSA) is 84.1 Å². The van der Waals surface area contributed by atoms with Crippen LogP contribution in [-0.4, -0.2) is 42.9 Å². The summed E-state index contributed by atoms with van der Waals surface area (Å²) in [7, 11) is 1.72. The second-order valence-electron chi connectivity index (χ2n) is 5.70. The van der Waals surface area contributed by atoms with Gasteiger partial charge in [0.05, 0.1) is 17.9 Å². The molecule has 0 saturated carbocycles. The number of carbonyl (C=O) groups is 1. The first-order valence-corrected chi connectivity index (χ1v) is 7.94. The molecule has 2 heterocycles. The van der Waals surface area contributed by atoms with Gasteiger partial charge in [-0.05, 0) is 27.7 Å². The molecule has 0 aliphatic carbocycles. The maximum Gasteiger partial charge on any atom is 0.274 e. The summed E-state index contributed by atoms with van der Waals surface area (Å²) in [5.74, 6) is -0.137. The molecule has 2 aromatic heterocycles. The van der Waals surface area contributed by atoms with Crippen molar-refractivity contribution in [3.05, 3.63) is 27.5 Å². The molecule has 0 unspecified atom stereocenters. The highest BCUT2D eigenvalue weighted by atomic mass is 32.1. The maximum atomic E-state index is 12.6. The van der Waals surface area contributed by atoms with Gasteiger partial charge in [-0.2, -0.15) is 0 Å². The van der Waals surface area contributed by atoms with E-state index in [0.717, 1.165) is 5.69 Å². The zero-order valence-corrected chi connectivity index (χ0v) is 14.3. The van der Waals surface area contributed by atoms with Crippen LogP contribution in [0.1, 0.15) is 47.7 Å². The molecule has 0 bridgehead atoms. The largest absolute Gasteiger partial charge is 0.383 e. The SMILES string of the molecule is CCn1nnc(C)c1C(=O)N(C)Cc1csc(C(C)(C)O)n1. The van der Waals surface area contributed by atoms with Crippen LogP contribution >= 0.6 is 11.3 Å². The van der Waals surface area contributed by atoms with Crippen LogP contribution in [0.4, 0.5) is 0 Å². The van der Waals surface area contributed by atoms with Gasteiger partial charge in [-0.1, -0.05) is 5.21 Å². The predicted octanol–water partition coefficient (Wildman–Crippen LogP) is 1.56. The monoisotopic (exact) mass is 323 g/mol. The fourth-order valence-electron chi connectivity index (χ4n) is 2.04. The van der Waals surface area contributed by atoms with Crippen molar-refractivity contribution in [2.45, 2.75) is 46.4 Å². The van der Waals surface area contributed by atoms with Crippen LogP contribution in [-0.2, 0) is 18.7 Å². The van der Waals surface area contributed by atoms with Crippen LogP contribution < -0.4 is 0 Å². The summed E-state index contributed by atoms with van der Waals surface area (Å²) in [5, 5.41) is 20.4. The van der Waals surface area contributed by atoms with Gasteiger partial charge in [0.2, 0.25) is 0 Å². The summed E-state index contributed by atoms with van der Waals surface area (Å²) in [6.07, 6.45) is 0. The van der Waals surface area contributed by atoms with Crippen molar-refractivity contribution in [1.82, 2.24) is 24.9 Å². The van der Waals surface area contributed by atoms with Crippen molar-refractivity contribution >= 4 is 17.2 Å². The van der Waals surface area contributed by atoms with E-state index in [9.17, 15) is 9.90 Å². The molecule has 0 aliphatic heterocycles. The number of amides is 1. The van der Waals surface area contributed by atoms with E-state index in [1.54, 1.807) is 37.4 Å². The Labute approximate surface area is 133 Å². The van der Waals surface area contributed by atoms with E-state index in [1.165, 1.54) is 11.3 Å². The van der Waals surface area contributed by atoms with Crippen LogP contribution in [0.2, 0.25) is 0 Å². The third-order valence-electron chi connectivity index (χ3n) is 3.23. The molecule has 8 heteroatoms. The average molecular weight is 323 g/mol. The van der Waals surface area contributed by atoms with Gasteiger partial charge >= 0.3 is 0 Å². The standard InChI is InChI=1S/C14H21N5O2S/c1-6-19-11(9(2)16-17-19)12(20)18(5)7-10-8-22-13(15-10)14(3,4)21/h8,21H,6-7H2,1-5H3. The van der Waals surface area contributed by atoms with Gasteiger partial charge in [-0.3, -0.25) is 4.79 Å². The van der Waals surface area contributed by atoms with Crippen molar-refractivity contribution in [1.29, 1.82) is 0 Å². The molecule has 2 aromatic rings. The quantitative estimate of drug-likeness (QED) is 0.903.